The zero-order valence-electron chi connectivity index (χ0n) is 17.1. The number of esters is 1. The Labute approximate surface area is 190 Å². The highest BCUT2D eigenvalue weighted by Crippen LogP contribution is 2.33. The lowest BCUT2D eigenvalue weighted by molar-refractivity contribution is -0.137. The van der Waals surface area contributed by atoms with Gasteiger partial charge in [-0.3, -0.25) is 4.79 Å². The highest BCUT2D eigenvalue weighted by Gasteiger charge is 2.30. The van der Waals surface area contributed by atoms with Crippen molar-refractivity contribution in [2.75, 3.05) is 11.9 Å². The molecule has 4 rings (SSSR count). The van der Waals surface area contributed by atoms with Gasteiger partial charge in [0.25, 0.3) is 5.91 Å². The van der Waals surface area contributed by atoms with Crippen LogP contribution in [0.25, 0.3) is 21.5 Å². The molecule has 33 heavy (non-hydrogen) atoms. The van der Waals surface area contributed by atoms with Crippen molar-refractivity contribution in [2.24, 2.45) is 0 Å². The van der Waals surface area contributed by atoms with Crippen molar-refractivity contribution < 1.29 is 27.5 Å². The van der Waals surface area contributed by atoms with E-state index in [1.165, 1.54) is 29.8 Å². The second-order valence-corrected chi connectivity index (χ2v) is 7.92. The van der Waals surface area contributed by atoms with Crippen LogP contribution in [0.5, 0.6) is 0 Å². The monoisotopic (exact) mass is 471 g/mol. The molecule has 4 aromatic rings. The Hall–Kier alpha value is -3.79. The number of thiophene rings is 1. The number of ether oxygens (including phenoxy) is 1. The smallest absolute Gasteiger partial charge is 0.416 e. The Bertz CT molecular complexity index is 1350. The van der Waals surface area contributed by atoms with Gasteiger partial charge in [0.1, 0.15) is 16.0 Å². The molecule has 0 unspecified atom stereocenters. The Morgan fingerprint density at radius 3 is 2.61 bits per heavy atom. The highest BCUT2D eigenvalue weighted by molar-refractivity contribution is 7.20. The number of alkyl halides is 3. The Morgan fingerprint density at radius 2 is 1.85 bits per heavy atom. The molecule has 0 radical (unpaired) electrons. The summed E-state index contributed by atoms with van der Waals surface area (Å²) in [5.74, 6) is -1.13. The fourth-order valence-electron chi connectivity index (χ4n) is 3.17. The second-order valence-electron chi connectivity index (χ2n) is 6.89. The van der Waals surface area contributed by atoms with Gasteiger partial charge in [0.15, 0.2) is 0 Å². The molecule has 0 saturated heterocycles. The molecule has 0 atom stereocenters. The van der Waals surface area contributed by atoms with Gasteiger partial charge in [-0.1, -0.05) is 18.2 Å². The van der Waals surface area contributed by atoms with Crippen LogP contribution < -0.4 is 5.32 Å². The number of rotatable bonds is 5. The third kappa shape index (κ3) is 4.85. The zero-order chi connectivity index (χ0) is 23.6. The van der Waals surface area contributed by atoms with Crippen LogP contribution in [0.4, 0.5) is 18.9 Å². The van der Waals surface area contributed by atoms with E-state index in [9.17, 15) is 22.8 Å². The summed E-state index contributed by atoms with van der Waals surface area (Å²) in [5, 5.41) is 3.26. The van der Waals surface area contributed by atoms with Gasteiger partial charge < -0.3 is 10.1 Å². The number of carbonyl (C=O) groups is 2. The van der Waals surface area contributed by atoms with Crippen LogP contribution in [-0.4, -0.2) is 28.5 Å². The van der Waals surface area contributed by atoms with E-state index in [-0.39, 0.29) is 12.2 Å². The lowest BCUT2D eigenvalue weighted by atomic mass is 10.1. The number of anilines is 1. The zero-order valence-corrected chi connectivity index (χ0v) is 18.0. The van der Waals surface area contributed by atoms with Crippen molar-refractivity contribution in [3.05, 3.63) is 76.9 Å². The van der Waals surface area contributed by atoms with Gasteiger partial charge in [0, 0.05) is 22.2 Å². The van der Waals surface area contributed by atoms with E-state index in [4.69, 9.17) is 4.74 Å². The number of halogens is 3. The largest absolute Gasteiger partial charge is 0.462 e. The van der Waals surface area contributed by atoms with Gasteiger partial charge in [-0.2, -0.15) is 13.2 Å². The molecular formula is C23H16F3N3O3S. The molecule has 1 amide bonds. The molecule has 0 aliphatic carbocycles. The molecule has 0 spiro atoms. The number of carbonyl (C=O) groups excluding carboxylic acids is 2. The van der Waals surface area contributed by atoms with Gasteiger partial charge in [-0.25, -0.2) is 14.8 Å². The number of fused-ring (bicyclic) bond motifs is 1. The fourth-order valence-corrected chi connectivity index (χ4v) is 4.07. The SMILES string of the molecule is CCOC(=O)c1cc2c(-c3cccc(NC(=O)c4cccc(C(F)(F)F)c4)c3)ncnc2s1. The first-order valence-electron chi connectivity index (χ1n) is 9.77. The molecular weight excluding hydrogens is 455 g/mol. The minimum absolute atomic E-state index is 0.114. The van der Waals surface area contributed by atoms with Crippen molar-refractivity contribution in [2.45, 2.75) is 13.1 Å². The molecule has 2 aromatic carbocycles. The molecule has 0 fully saturated rings. The van der Waals surface area contributed by atoms with Crippen molar-refractivity contribution >= 4 is 39.1 Å². The average molecular weight is 471 g/mol. The lowest BCUT2D eigenvalue weighted by Gasteiger charge is -2.10. The minimum Gasteiger partial charge on any atom is -0.462 e. The molecule has 2 heterocycles. The van der Waals surface area contributed by atoms with Gasteiger partial charge in [-0.05, 0) is 43.3 Å². The summed E-state index contributed by atoms with van der Waals surface area (Å²) in [6.07, 6.45) is -3.17. The van der Waals surface area contributed by atoms with Gasteiger partial charge in [0.2, 0.25) is 0 Å². The molecule has 0 saturated carbocycles. The third-order valence-electron chi connectivity index (χ3n) is 4.65. The molecule has 0 aliphatic rings. The van der Waals surface area contributed by atoms with Crippen LogP contribution in [0.15, 0.2) is 60.9 Å². The predicted octanol–water partition coefficient (Wildman–Crippen LogP) is 5.81. The van der Waals surface area contributed by atoms with E-state index in [0.29, 0.717) is 32.0 Å². The summed E-state index contributed by atoms with van der Waals surface area (Å²) >= 11 is 1.18. The van der Waals surface area contributed by atoms with Crippen LogP contribution in [0, 0.1) is 0 Å². The number of hydrogen-bond acceptors (Lipinski definition) is 6. The van der Waals surface area contributed by atoms with Crippen molar-refractivity contribution in [1.29, 1.82) is 0 Å². The molecule has 6 nitrogen and oxygen atoms in total. The number of nitrogens with one attached hydrogen (secondary N) is 1. The van der Waals surface area contributed by atoms with E-state index < -0.39 is 23.6 Å². The topological polar surface area (TPSA) is 81.2 Å². The minimum atomic E-state index is -4.54. The number of amides is 1. The normalized spacial score (nSPS) is 11.4. The van der Waals surface area contributed by atoms with Gasteiger partial charge >= 0.3 is 12.1 Å². The van der Waals surface area contributed by atoms with Crippen LogP contribution in [-0.2, 0) is 10.9 Å². The van der Waals surface area contributed by atoms with Crippen molar-refractivity contribution in [3.63, 3.8) is 0 Å². The number of hydrogen-bond donors (Lipinski definition) is 1. The first-order chi connectivity index (χ1) is 15.8. The molecule has 0 bridgehead atoms. The summed E-state index contributed by atoms with van der Waals surface area (Å²) in [4.78, 5) is 34.1. The number of nitrogens with zero attached hydrogens (tertiary/aromatic N) is 2. The Morgan fingerprint density at radius 1 is 1.06 bits per heavy atom. The first kappa shape index (κ1) is 22.4. The first-order valence-corrected chi connectivity index (χ1v) is 10.6. The summed E-state index contributed by atoms with van der Waals surface area (Å²) in [5.41, 5.74) is 0.542. The van der Waals surface area contributed by atoms with Gasteiger partial charge in [0.05, 0.1) is 17.9 Å². The standard InChI is InChI=1S/C23H16F3N3O3S/c1-2-32-22(31)18-11-17-19(27-12-28-21(17)33-18)13-5-4-8-16(10-13)29-20(30)14-6-3-7-15(9-14)23(24,25)26/h3-12H,2H2,1H3,(H,29,30). The summed E-state index contributed by atoms with van der Waals surface area (Å²) in [6, 6.07) is 12.6. The quantitative estimate of drug-likeness (QED) is 0.372. The summed E-state index contributed by atoms with van der Waals surface area (Å²) < 4.78 is 43.9. The maximum atomic E-state index is 12.9. The molecule has 10 heteroatoms. The average Bonchev–Trinajstić information content (AvgIpc) is 3.24. The number of benzene rings is 2. The van der Waals surface area contributed by atoms with Gasteiger partial charge in [-0.15, -0.1) is 11.3 Å². The van der Waals surface area contributed by atoms with Crippen LogP contribution in [0.3, 0.4) is 0 Å². The van der Waals surface area contributed by atoms with Crippen molar-refractivity contribution in [1.82, 2.24) is 9.97 Å². The van der Waals surface area contributed by atoms with Crippen molar-refractivity contribution in [3.8, 4) is 11.3 Å². The summed E-state index contributed by atoms with van der Waals surface area (Å²) in [7, 11) is 0. The molecule has 2 aromatic heterocycles. The van der Waals surface area contributed by atoms with E-state index in [2.05, 4.69) is 15.3 Å². The fraction of sp³-hybridized carbons (Fsp3) is 0.130. The van der Waals surface area contributed by atoms with E-state index in [1.54, 1.807) is 37.3 Å². The Balaban J connectivity index is 1.63. The lowest BCUT2D eigenvalue weighted by Crippen LogP contribution is -2.14. The second kappa shape index (κ2) is 8.99. The molecule has 1 N–H and O–H groups in total. The summed E-state index contributed by atoms with van der Waals surface area (Å²) in [6.45, 7) is 1.97. The van der Waals surface area contributed by atoms with E-state index in [0.717, 1.165) is 12.1 Å². The molecule has 0 aliphatic heterocycles. The Kier molecular flexibility index (Phi) is 6.10. The number of aromatic nitrogens is 2. The van der Waals surface area contributed by atoms with E-state index >= 15 is 0 Å². The predicted molar refractivity (Wildman–Crippen MR) is 118 cm³/mol. The third-order valence-corrected chi connectivity index (χ3v) is 5.68. The van der Waals surface area contributed by atoms with Crippen LogP contribution in [0.2, 0.25) is 0 Å². The van der Waals surface area contributed by atoms with Crippen LogP contribution >= 0.6 is 11.3 Å². The highest BCUT2D eigenvalue weighted by atomic mass is 32.1. The molecule has 168 valence electrons. The maximum Gasteiger partial charge on any atom is 0.416 e. The van der Waals surface area contributed by atoms with E-state index in [1.807, 2.05) is 0 Å². The maximum absolute atomic E-state index is 12.9. The van der Waals surface area contributed by atoms with Crippen LogP contribution in [0.1, 0.15) is 32.5 Å².